The highest BCUT2D eigenvalue weighted by Crippen LogP contribution is 2.62. The smallest absolute Gasteiger partial charge is 0.192 e. The van der Waals surface area contributed by atoms with Gasteiger partial charge in [-0.2, -0.15) is 5.26 Å². The van der Waals surface area contributed by atoms with Crippen LogP contribution < -0.4 is 0 Å². The van der Waals surface area contributed by atoms with Crippen molar-refractivity contribution in [2.24, 2.45) is 22.2 Å². The zero-order valence-electron chi connectivity index (χ0n) is 27.9. The van der Waals surface area contributed by atoms with Gasteiger partial charge in [-0.25, -0.2) is 0 Å². The summed E-state index contributed by atoms with van der Waals surface area (Å²) >= 11 is 2.70. The molecule has 5 rings (SSSR count). The molecule has 3 fully saturated rings. The molecule has 230 valence electrons. The topological polar surface area (TPSA) is 54.6 Å². The van der Waals surface area contributed by atoms with Crippen LogP contribution in [0.5, 0.6) is 0 Å². The fourth-order valence-corrected chi connectivity index (χ4v) is 10.2. The number of nitriles is 1. The van der Waals surface area contributed by atoms with E-state index in [-0.39, 0.29) is 40.2 Å². The number of hydrogen-bond donors (Lipinski definition) is 0. The Kier molecular flexibility index (Phi) is 8.33. The fraction of sp³-hybridized carbons (Fsp3) is 0.722. The van der Waals surface area contributed by atoms with Crippen molar-refractivity contribution in [3.63, 3.8) is 0 Å². The van der Waals surface area contributed by atoms with Crippen molar-refractivity contribution in [1.82, 2.24) is 0 Å². The third-order valence-electron chi connectivity index (χ3n) is 11.1. The number of benzene rings is 1. The monoisotopic (exact) mass is 700 g/mol. The molecule has 0 radical (unpaired) electrons. The second-order valence-corrected chi connectivity index (χ2v) is 23.0. The molecule has 1 spiro atoms. The summed E-state index contributed by atoms with van der Waals surface area (Å²) in [6.07, 6.45) is 5.48. The summed E-state index contributed by atoms with van der Waals surface area (Å²) in [5.74, 6) is 0.594. The first kappa shape index (κ1) is 32.4. The van der Waals surface area contributed by atoms with Gasteiger partial charge >= 0.3 is 0 Å². The minimum absolute atomic E-state index is 0.0525. The maximum Gasteiger partial charge on any atom is 0.192 e. The molecule has 2 heterocycles. The third-order valence-corrected chi connectivity index (χ3v) is 17.2. The quantitative estimate of drug-likeness (QED) is 0.175. The normalized spacial score (nSPS) is 33.0. The molecule has 6 atom stereocenters. The van der Waals surface area contributed by atoms with E-state index in [1.807, 2.05) is 13.8 Å². The number of rotatable bonds is 5. The standard InChI is InChI=1S/C36H53IN2O2Si/c1-22(2)31-29-30(28-25(39-31)19-34(6,7)20-26(28)41-42(10,11)33(3,4)5)36(18-12-13-27(36)37)40-32(29)23-14-16-24(17-15-23)35(8,9)21-38/h14-17,22,26-27,29,31-32H,12-13,18-20H2,1-11H3/t26-,27?,29?,31?,32+,36?/m0/s1. The molecule has 2 aliphatic carbocycles. The first-order chi connectivity index (χ1) is 19.3. The zero-order valence-corrected chi connectivity index (χ0v) is 31.1. The van der Waals surface area contributed by atoms with Crippen molar-refractivity contribution in [2.75, 3.05) is 0 Å². The lowest BCUT2D eigenvalue weighted by Gasteiger charge is -2.49. The Morgan fingerprint density at radius 1 is 1.12 bits per heavy atom. The van der Waals surface area contributed by atoms with E-state index in [0.717, 1.165) is 24.8 Å². The molecule has 0 amide bonds. The molecule has 0 N–H and O–H groups in total. The molecule has 1 aromatic rings. The Bertz CT molecular complexity index is 1310. The highest BCUT2D eigenvalue weighted by atomic mass is 127. The van der Waals surface area contributed by atoms with E-state index in [2.05, 4.69) is 114 Å². The number of fused-ring (bicyclic) bond motifs is 3. The molecule has 0 bridgehead atoms. The van der Waals surface area contributed by atoms with Crippen LogP contribution in [-0.2, 0) is 14.6 Å². The highest BCUT2D eigenvalue weighted by molar-refractivity contribution is 14.1. The maximum atomic E-state index is 9.74. The molecule has 6 heteroatoms. The number of ether oxygens (including phenoxy) is 1. The number of alkyl halides is 1. The van der Waals surface area contributed by atoms with E-state index >= 15 is 0 Å². The van der Waals surface area contributed by atoms with Gasteiger partial charge in [0.2, 0.25) is 0 Å². The van der Waals surface area contributed by atoms with Gasteiger partial charge in [-0.15, -0.1) is 0 Å². The van der Waals surface area contributed by atoms with Gasteiger partial charge < -0.3 is 9.16 Å². The molecule has 2 saturated carbocycles. The van der Waals surface area contributed by atoms with Crippen LogP contribution in [0.15, 0.2) is 40.4 Å². The number of hydrogen-bond acceptors (Lipinski definition) is 4. The van der Waals surface area contributed by atoms with Crippen molar-refractivity contribution < 1.29 is 9.16 Å². The molecule has 42 heavy (non-hydrogen) atoms. The molecular weight excluding hydrogens is 647 g/mol. The molecule has 1 aromatic carbocycles. The first-order valence-electron chi connectivity index (χ1n) is 16.2. The summed E-state index contributed by atoms with van der Waals surface area (Å²) in [6.45, 7) is 25.3. The number of nitrogens with zero attached hydrogens (tertiary/aromatic N) is 2. The first-order valence-corrected chi connectivity index (χ1v) is 20.3. The van der Waals surface area contributed by atoms with E-state index in [1.54, 1.807) is 0 Å². The average Bonchev–Trinajstić information content (AvgIpc) is 3.42. The van der Waals surface area contributed by atoms with Crippen LogP contribution in [0.1, 0.15) is 112 Å². The summed E-state index contributed by atoms with van der Waals surface area (Å²) < 4.78 is 15.3. The van der Waals surface area contributed by atoms with Crippen LogP contribution in [0.2, 0.25) is 18.1 Å². The van der Waals surface area contributed by atoms with Crippen LogP contribution in [-0.4, -0.2) is 35.7 Å². The Morgan fingerprint density at radius 2 is 1.76 bits per heavy atom. The lowest BCUT2D eigenvalue weighted by atomic mass is 9.64. The van der Waals surface area contributed by atoms with Crippen LogP contribution in [0, 0.1) is 28.6 Å². The predicted octanol–water partition coefficient (Wildman–Crippen LogP) is 9.89. The minimum Gasteiger partial charge on any atom is -0.410 e. The van der Waals surface area contributed by atoms with Gasteiger partial charge in [0.1, 0.15) is 5.60 Å². The number of dihydropyridines is 1. The molecule has 0 aromatic heterocycles. The second kappa shape index (κ2) is 10.8. The highest BCUT2D eigenvalue weighted by Gasteiger charge is 2.62. The molecule has 4 unspecified atom stereocenters. The van der Waals surface area contributed by atoms with Crippen LogP contribution in [0.3, 0.4) is 0 Å². The van der Waals surface area contributed by atoms with Crippen molar-refractivity contribution in [1.29, 1.82) is 5.26 Å². The van der Waals surface area contributed by atoms with E-state index in [4.69, 9.17) is 14.2 Å². The molecular formula is C36H53IN2O2Si. The van der Waals surface area contributed by atoms with E-state index < -0.39 is 13.7 Å². The van der Waals surface area contributed by atoms with Crippen molar-refractivity contribution in [2.45, 2.75) is 146 Å². The Morgan fingerprint density at radius 3 is 2.29 bits per heavy atom. The summed E-state index contributed by atoms with van der Waals surface area (Å²) in [7, 11) is -2.05. The van der Waals surface area contributed by atoms with Crippen LogP contribution >= 0.6 is 22.6 Å². The lowest BCUT2D eigenvalue weighted by molar-refractivity contribution is -0.0302. The van der Waals surface area contributed by atoms with Crippen molar-refractivity contribution >= 4 is 36.6 Å². The molecule has 4 aliphatic rings. The SMILES string of the molecule is CC(C)C1N=C2CC(C)(C)C[C@H](O[Si](C)(C)C(C)(C)C)C2=C2C1[C@@H](c1ccc(C(C)(C)C#N)cc1)OC21CCCC1I. The van der Waals surface area contributed by atoms with Crippen molar-refractivity contribution in [3.05, 3.63) is 46.5 Å². The summed E-state index contributed by atoms with van der Waals surface area (Å²) in [5.41, 5.74) is 5.85. The van der Waals surface area contributed by atoms with Gasteiger partial charge in [0.05, 0.1) is 29.7 Å². The lowest BCUT2D eigenvalue weighted by Crippen LogP contribution is -2.51. The minimum atomic E-state index is -2.05. The Labute approximate surface area is 270 Å². The molecule has 1 saturated heterocycles. The summed E-state index contributed by atoms with van der Waals surface area (Å²) in [5, 5.41) is 9.88. The third kappa shape index (κ3) is 5.41. The fourth-order valence-electron chi connectivity index (χ4n) is 7.66. The summed E-state index contributed by atoms with van der Waals surface area (Å²) in [6, 6.07) is 11.4. The average molecular weight is 701 g/mol. The van der Waals surface area contributed by atoms with Gasteiger partial charge in [0.15, 0.2) is 8.32 Å². The Balaban J connectivity index is 1.71. The van der Waals surface area contributed by atoms with E-state index in [0.29, 0.717) is 9.84 Å². The van der Waals surface area contributed by atoms with Crippen molar-refractivity contribution in [3.8, 4) is 6.07 Å². The number of halogens is 1. The largest absolute Gasteiger partial charge is 0.410 e. The molecule has 4 nitrogen and oxygen atoms in total. The second-order valence-electron chi connectivity index (χ2n) is 16.7. The van der Waals surface area contributed by atoms with Gasteiger partial charge in [-0.3, -0.25) is 4.99 Å². The van der Waals surface area contributed by atoms with Gasteiger partial charge in [0, 0.05) is 21.1 Å². The molecule has 2 aliphatic heterocycles. The van der Waals surface area contributed by atoms with E-state index in [1.165, 1.54) is 35.3 Å². The summed E-state index contributed by atoms with van der Waals surface area (Å²) in [4.78, 5) is 5.68. The maximum absolute atomic E-state index is 9.74. The van der Waals surface area contributed by atoms with E-state index in [9.17, 15) is 5.26 Å². The zero-order chi connectivity index (χ0) is 31.0. The Hall–Kier alpha value is -1.01. The number of aliphatic imine (C=N–C) groups is 1. The van der Waals surface area contributed by atoms with Gasteiger partial charge in [-0.1, -0.05) is 95.3 Å². The van der Waals surface area contributed by atoms with Crippen LogP contribution in [0.25, 0.3) is 0 Å². The van der Waals surface area contributed by atoms with Gasteiger partial charge in [0.25, 0.3) is 0 Å². The van der Waals surface area contributed by atoms with Gasteiger partial charge in [-0.05, 0) is 92.1 Å². The predicted molar refractivity (Wildman–Crippen MR) is 185 cm³/mol. The van der Waals surface area contributed by atoms with Crippen LogP contribution in [0.4, 0.5) is 0 Å².